The van der Waals surface area contributed by atoms with Crippen molar-refractivity contribution in [3.05, 3.63) is 34.1 Å². The molecule has 1 nitrogen and oxygen atoms in total. The number of halogens is 2. The maximum atomic E-state index is 13.9. The average molecular weight is 342 g/mol. The molecule has 0 radical (unpaired) electrons. The fourth-order valence-electron chi connectivity index (χ4n) is 3.15. The van der Waals surface area contributed by atoms with E-state index in [-0.39, 0.29) is 11.9 Å². The van der Waals surface area contributed by atoms with Gasteiger partial charge in [-0.25, -0.2) is 4.39 Å². The Kier molecular flexibility index (Phi) is 6.03. The van der Waals surface area contributed by atoms with Gasteiger partial charge >= 0.3 is 0 Å². The van der Waals surface area contributed by atoms with Crippen molar-refractivity contribution in [1.82, 2.24) is 5.32 Å². The minimum Gasteiger partial charge on any atom is -0.310 e. The maximum Gasteiger partial charge on any atom is 0.129 e. The lowest BCUT2D eigenvalue weighted by Gasteiger charge is -2.29. The van der Waals surface area contributed by atoms with E-state index >= 15 is 0 Å². The van der Waals surface area contributed by atoms with Crippen molar-refractivity contribution in [1.29, 1.82) is 0 Å². The molecule has 1 N–H and O–H groups in total. The van der Waals surface area contributed by atoms with Crippen molar-refractivity contribution in [3.63, 3.8) is 0 Å². The Balaban J connectivity index is 1.82. The highest BCUT2D eigenvalue weighted by Gasteiger charge is 2.20. The maximum absolute atomic E-state index is 13.9. The Morgan fingerprint density at radius 2 is 1.90 bits per heavy atom. The topological polar surface area (TPSA) is 12.0 Å². The number of rotatable bonds is 5. The highest BCUT2D eigenvalue weighted by Crippen LogP contribution is 2.30. The number of benzene rings is 1. The van der Waals surface area contributed by atoms with Gasteiger partial charge in [0.2, 0.25) is 0 Å². The van der Waals surface area contributed by atoms with Crippen LogP contribution in [0.15, 0.2) is 22.7 Å². The largest absolute Gasteiger partial charge is 0.310 e. The molecule has 0 spiro atoms. The quantitative estimate of drug-likeness (QED) is 0.750. The predicted molar refractivity (Wildman–Crippen MR) is 86.3 cm³/mol. The zero-order valence-electron chi connectivity index (χ0n) is 12.5. The van der Waals surface area contributed by atoms with Gasteiger partial charge in [-0.05, 0) is 50.3 Å². The molecule has 0 bridgehead atoms. The molecule has 1 aliphatic rings. The third kappa shape index (κ3) is 4.29. The highest BCUT2D eigenvalue weighted by atomic mass is 79.9. The summed E-state index contributed by atoms with van der Waals surface area (Å²) >= 11 is 3.30. The van der Waals surface area contributed by atoms with Gasteiger partial charge in [0.05, 0.1) is 0 Å². The number of nitrogens with one attached hydrogen (secondary N) is 1. The van der Waals surface area contributed by atoms with Crippen LogP contribution >= 0.6 is 15.9 Å². The smallest absolute Gasteiger partial charge is 0.129 e. The molecule has 1 aromatic carbocycles. The lowest BCUT2D eigenvalue weighted by molar-refractivity contribution is 0.257. The van der Waals surface area contributed by atoms with E-state index in [4.69, 9.17) is 0 Å². The molecule has 3 heteroatoms. The summed E-state index contributed by atoms with van der Waals surface area (Å²) in [6.45, 7) is 5.35. The Bertz CT molecular complexity index is 427. The Morgan fingerprint density at radius 3 is 2.50 bits per heavy atom. The average Bonchev–Trinajstić information content (AvgIpc) is 2.45. The Labute approximate surface area is 130 Å². The molecule has 1 atom stereocenters. The summed E-state index contributed by atoms with van der Waals surface area (Å²) in [5, 5.41) is 3.51. The van der Waals surface area contributed by atoms with Crippen LogP contribution in [0.3, 0.4) is 0 Å². The molecule has 0 saturated heterocycles. The van der Waals surface area contributed by atoms with Crippen molar-refractivity contribution in [2.45, 2.75) is 52.0 Å². The summed E-state index contributed by atoms with van der Waals surface area (Å²) in [6.07, 6.45) is 6.69. The van der Waals surface area contributed by atoms with Gasteiger partial charge in [-0.2, -0.15) is 0 Å². The molecule has 1 aliphatic carbocycles. The number of hydrogen-bond acceptors (Lipinski definition) is 1. The van der Waals surface area contributed by atoms with Crippen LogP contribution in [0.4, 0.5) is 4.39 Å². The van der Waals surface area contributed by atoms with E-state index in [9.17, 15) is 4.39 Å². The molecule has 20 heavy (non-hydrogen) atoms. The molecular weight excluding hydrogens is 317 g/mol. The van der Waals surface area contributed by atoms with Gasteiger partial charge in [-0.1, -0.05) is 48.2 Å². The van der Waals surface area contributed by atoms with Gasteiger partial charge in [0, 0.05) is 16.1 Å². The van der Waals surface area contributed by atoms with E-state index < -0.39 is 0 Å². The Morgan fingerprint density at radius 1 is 1.25 bits per heavy atom. The van der Waals surface area contributed by atoms with Crippen molar-refractivity contribution in [2.75, 3.05) is 6.54 Å². The zero-order valence-corrected chi connectivity index (χ0v) is 14.0. The predicted octanol–water partition coefficient (Wildman–Crippen LogP) is 5.46. The van der Waals surface area contributed by atoms with Gasteiger partial charge < -0.3 is 5.32 Å². The van der Waals surface area contributed by atoms with Crippen molar-refractivity contribution < 1.29 is 4.39 Å². The van der Waals surface area contributed by atoms with Crippen LogP contribution in [0, 0.1) is 17.7 Å². The van der Waals surface area contributed by atoms with Crippen molar-refractivity contribution in [3.8, 4) is 0 Å². The van der Waals surface area contributed by atoms with E-state index in [2.05, 4.69) is 28.2 Å². The van der Waals surface area contributed by atoms with E-state index in [1.807, 2.05) is 19.1 Å². The van der Waals surface area contributed by atoms with Crippen molar-refractivity contribution >= 4 is 15.9 Å². The Hall–Kier alpha value is -0.410. The first-order chi connectivity index (χ1) is 9.60. The number of hydrogen-bond donors (Lipinski definition) is 1. The van der Waals surface area contributed by atoms with E-state index in [0.29, 0.717) is 0 Å². The molecule has 0 amide bonds. The molecule has 1 aromatic rings. The minimum atomic E-state index is -0.130. The van der Waals surface area contributed by atoms with Crippen LogP contribution in [0.5, 0.6) is 0 Å². The summed E-state index contributed by atoms with van der Waals surface area (Å²) in [6, 6.07) is 5.39. The second-order valence-corrected chi connectivity index (χ2v) is 7.01. The molecule has 2 rings (SSSR count). The van der Waals surface area contributed by atoms with E-state index in [0.717, 1.165) is 28.4 Å². The summed E-state index contributed by atoms with van der Waals surface area (Å²) in [4.78, 5) is 0. The van der Waals surface area contributed by atoms with Crippen LogP contribution in [0.25, 0.3) is 0 Å². The van der Waals surface area contributed by atoms with Crippen LogP contribution in [-0.4, -0.2) is 6.54 Å². The van der Waals surface area contributed by atoms with Gasteiger partial charge in [0.15, 0.2) is 0 Å². The van der Waals surface area contributed by atoms with E-state index in [1.54, 1.807) is 6.07 Å². The first-order valence-corrected chi connectivity index (χ1v) is 8.57. The lowest BCUT2D eigenvalue weighted by Crippen LogP contribution is -2.28. The monoisotopic (exact) mass is 341 g/mol. The summed E-state index contributed by atoms with van der Waals surface area (Å²) in [7, 11) is 0. The normalized spacial score (nSPS) is 24.6. The molecule has 1 unspecified atom stereocenters. The fourth-order valence-corrected chi connectivity index (χ4v) is 3.48. The molecule has 0 aromatic heterocycles. The van der Waals surface area contributed by atoms with Gasteiger partial charge in [-0.3, -0.25) is 0 Å². The van der Waals surface area contributed by atoms with Gasteiger partial charge in [0.25, 0.3) is 0 Å². The van der Waals surface area contributed by atoms with E-state index in [1.165, 1.54) is 32.1 Å². The van der Waals surface area contributed by atoms with Gasteiger partial charge in [0.1, 0.15) is 5.82 Å². The van der Waals surface area contributed by atoms with Crippen LogP contribution in [0.1, 0.15) is 57.6 Å². The minimum absolute atomic E-state index is 0.0759. The fraction of sp³-hybridized carbons (Fsp3) is 0.647. The van der Waals surface area contributed by atoms with Crippen LogP contribution < -0.4 is 5.32 Å². The molecule has 1 saturated carbocycles. The van der Waals surface area contributed by atoms with Crippen LogP contribution in [-0.2, 0) is 0 Å². The third-order valence-electron chi connectivity index (χ3n) is 4.69. The molecule has 0 heterocycles. The SMILES string of the molecule is CCC1CCC(CNC(C)c2ccc(Br)cc2F)CC1. The third-order valence-corrected chi connectivity index (χ3v) is 5.18. The summed E-state index contributed by atoms with van der Waals surface area (Å²) < 4.78 is 14.7. The zero-order chi connectivity index (χ0) is 14.5. The second kappa shape index (κ2) is 7.56. The second-order valence-electron chi connectivity index (χ2n) is 6.09. The molecular formula is C17H25BrFN. The first kappa shape index (κ1) is 16.0. The standard InChI is InChI=1S/C17H25BrFN/c1-3-13-4-6-14(7-5-13)11-20-12(2)16-9-8-15(18)10-17(16)19/h8-10,12-14,20H,3-7,11H2,1-2H3. The summed E-state index contributed by atoms with van der Waals surface area (Å²) in [5.41, 5.74) is 0.760. The van der Waals surface area contributed by atoms with Crippen molar-refractivity contribution in [2.24, 2.45) is 11.8 Å². The first-order valence-electron chi connectivity index (χ1n) is 7.78. The van der Waals surface area contributed by atoms with Gasteiger partial charge in [-0.15, -0.1) is 0 Å². The highest BCUT2D eigenvalue weighted by molar-refractivity contribution is 9.10. The molecule has 112 valence electrons. The lowest BCUT2D eigenvalue weighted by atomic mass is 9.81. The molecule has 1 fully saturated rings. The summed E-state index contributed by atoms with van der Waals surface area (Å²) in [5.74, 6) is 1.57. The molecule has 0 aliphatic heterocycles. The van der Waals surface area contributed by atoms with Crippen LogP contribution in [0.2, 0.25) is 0 Å².